The molecule has 1 rings (SSSR count). The van der Waals surface area contributed by atoms with Crippen molar-refractivity contribution in [3.8, 4) is 0 Å². The largest absolute Gasteiger partial charge is 0.409 e. The fourth-order valence-corrected chi connectivity index (χ4v) is 2.08. The Bertz CT molecular complexity index is 288. The van der Waals surface area contributed by atoms with Crippen molar-refractivity contribution in [3.05, 3.63) is 0 Å². The molecule has 1 fully saturated rings. The fraction of sp³-hybridized carbons (Fsp3) is 0.833. The van der Waals surface area contributed by atoms with Gasteiger partial charge in [0.2, 0.25) is 5.91 Å². The van der Waals surface area contributed by atoms with Crippen LogP contribution in [0.5, 0.6) is 0 Å². The van der Waals surface area contributed by atoms with E-state index in [0.717, 1.165) is 32.3 Å². The molecule has 1 aliphatic heterocycles. The van der Waals surface area contributed by atoms with E-state index >= 15 is 0 Å². The number of oxime groups is 1. The lowest BCUT2D eigenvalue weighted by molar-refractivity contribution is -0.125. The highest BCUT2D eigenvalue weighted by Gasteiger charge is 2.21. The molecule has 0 radical (unpaired) electrons. The lowest BCUT2D eigenvalue weighted by Gasteiger charge is -2.23. The number of hydrogen-bond donors (Lipinski definition) is 3. The Morgan fingerprint density at radius 3 is 2.94 bits per heavy atom. The maximum absolute atomic E-state index is 11.8. The zero-order valence-corrected chi connectivity index (χ0v) is 10.9. The van der Waals surface area contributed by atoms with Gasteiger partial charge in [-0.25, -0.2) is 0 Å². The Labute approximate surface area is 108 Å². The van der Waals surface area contributed by atoms with Crippen molar-refractivity contribution in [2.24, 2.45) is 10.9 Å². The summed E-state index contributed by atoms with van der Waals surface area (Å²) >= 11 is 0. The summed E-state index contributed by atoms with van der Waals surface area (Å²) in [6, 6.07) is -0.393. The maximum atomic E-state index is 11.8. The molecular formula is C12H23N3O3. The topological polar surface area (TPSA) is 96.9 Å². The molecular weight excluding hydrogens is 234 g/mol. The van der Waals surface area contributed by atoms with Gasteiger partial charge in [-0.05, 0) is 25.7 Å². The number of amidine groups is 1. The highest BCUT2D eigenvalue weighted by molar-refractivity contribution is 5.89. The Kier molecular flexibility index (Phi) is 6.49. The molecule has 0 bridgehead atoms. The van der Waals surface area contributed by atoms with Crippen LogP contribution >= 0.6 is 0 Å². The number of carbonyl (C=O) groups is 1. The van der Waals surface area contributed by atoms with Crippen molar-refractivity contribution in [2.75, 3.05) is 6.61 Å². The molecule has 1 heterocycles. The monoisotopic (exact) mass is 257 g/mol. The molecule has 0 aromatic rings. The van der Waals surface area contributed by atoms with E-state index in [0.29, 0.717) is 12.8 Å². The van der Waals surface area contributed by atoms with E-state index < -0.39 is 6.04 Å². The van der Waals surface area contributed by atoms with Crippen LogP contribution in [0.3, 0.4) is 0 Å². The minimum absolute atomic E-state index is 0.00770. The summed E-state index contributed by atoms with van der Waals surface area (Å²) in [5.74, 6) is -0.0540. The van der Waals surface area contributed by atoms with Gasteiger partial charge >= 0.3 is 0 Å². The number of carbonyl (C=O) groups excluding carboxylic acids is 1. The first-order valence-corrected chi connectivity index (χ1v) is 6.55. The summed E-state index contributed by atoms with van der Waals surface area (Å²) in [6.07, 6.45) is 4.97. The summed E-state index contributed by atoms with van der Waals surface area (Å²) in [6.45, 7) is 2.71. The van der Waals surface area contributed by atoms with Crippen LogP contribution in [0.1, 0.15) is 45.4 Å². The smallest absolute Gasteiger partial charge is 0.223 e. The maximum Gasteiger partial charge on any atom is 0.223 e. The van der Waals surface area contributed by atoms with E-state index in [-0.39, 0.29) is 17.8 Å². The van der Waals surface area contributed by atoms with Crippen LogP contribution in [-0.4, -0.2) is 35.7 Å². The van der Waals surface area contributed by atoms with Gasteiger partial charge in [0.25, 0.3) is 0 Å². The summed E-state index contributed by atoms with van der Waals surface area (Å²) < 4.78 is 5.51. The summed E-state index contributed by atoms with van der Waals surface area (Å²) in [5, 5.41) is 14.4. The van der Waals surface area contributed by atoms with Crippen LogP contribution in [0.25, 0.3) is 0 Å². The van der Waals surface area contributed by atoms with Gasteiger partial charge < -0.3 is 21.0 Å². The van der Waals surface area contributed by atoms with Crippen molar-refractivity contribution in [1.82, 2.24) is 5.32 Å². The molecule has 1 amide bonds. The lowest BCUT2D eigenvalue weighted by atomic mass is 10.1. The van der Waals surface area contributed by atoms with Crippen molar-refractivity contribution in [1.29, 1.82) is 0 Å². The third kappa shape index (κ3) is 4.91. The van der Waals surface area contributed by atoms with Gasteiger partial charge in [0.1, 0.15) is 0 Å². The number of amides is 1. The summed E-state index contributed by atoms with van der Waals surface area (Å²) in [4.78, 5) is 11.8. The Balaban J connectivity index is 2.40. The minimum Gasteiger partial charge on any atom is -0.409 e. The lowest BCUT2D eigenvalue weighted by Crippen LogP contribution is -2.45. The third-order valence-electron chi connectivity index (χ3n) is 3.07. The molecule has 1 aliphatic rings. The summed E-state index contributed by atoms with van der Waals surface area (Å²) in [5.41, 5.74) is 5.54. The molecule has 1 saturated heterocycles. The van der Waals surface area contributed by atoms with E-state index in [2.05, 4.69) is 10.5 Å². The zero-order valence-electron chi connectivity index (χ0n) is 10.9. The standard InChI is InChI=1S/C12H23N3O3/c1-2-5-10(12(13)15-17)14-11(16)8-9-6-3-4-7-18-9/h9-10,17H,2-8H2,1H3,(H2,13,15)(H,14,16). The van der Waals surface area contributed by atoms with Gasteiger partial charge in [0.05, 0.1) is 18.6 Å². The molecule has 2 atom stereocenters. The SMILES string of the molecule is CCCC(NC(=O)CC1CCCCO1)C(N)=NO. The quantitative estimate of drug-likeness (QED) is 0.286. The Morgan fingerprint density at radius 1 is 1.61 bits per heavy atom. The van der Waals surface area contributed by atoms with Crippen LogP contribution in [0.2, 0.25) is 0 Å². The first kappa shape index (κ1) is 14.8. The molecule has 4 N–H and O–H groups in total. The average Bonchev–Trinajstić information content (AvgIpc) is 2.38. The molecule has 104 valence electrons. The predicted molar refractivity (Wildman–Crippen MR) is 68.5 cm³/mol. The first-order valence-electron chi connectivity index (χ1n) is 6.55. The minimum atomic E-state index is -0.393. The van der Waals surface area contributed by atoms with Gasteiger partial charge in [-0.1, -0.05) is 18.5 Å². The molecule has 18 heavy (non-hydrogen) atoms. The van der Waals surface area contributed by atoms with Gasteiger partial charge in [0.15, 0.2) is 5.84 Å². The number of nitrogens with two attached hydrogens (primary N) is 1. The summed E-state index contributed by atoms with van der Waals surface area (Å²) in [7, 11) is 0. The van der Waals surface area contributed by atoms with Crippen LogP contribution < -0.4 is 11.1 Å². The van der Waals surface area contributed by atoms with Crippen molar-refractivity contribution in [2.45, 2.75) is 57.6 Å². The van der Waals surface area contributed by atoms with E-state index in [1.165, 1.54) is 0 Å². The predicted octanol–water partition coefficient (Wildman–Crippen LogP) is 0.977. The first-order chi connectivity index (χ1) is 8.67. The fourth-order valence-electron chi connectivity index (χ4n) is 2.08. The number of rotatable bonds is 6. The molecule has 0 aromatic carbocycles. The number of ether oxygens (including phenoxy) is 1. The number of hydrogen-bond acceptors (Lipinski definition) is 4. The molecule has 6 heteroatoms. The molecule has 0 saturated carbocycles. The molecule has 6 nitrogen and oxygen atoms in total. The third-order valence-corrected chi connectivity index (χ3v) is 3.07. The molecule has 0 aliphatic carbocycles. The zero-order chi connectivity index (χ0) is 13.4. The normalized spacial score (nSPS) is 22.5. The van der Waals surface area contributed by atoms with E-state index in [1.54, 1.807) is 0 Å². The van der Waals surface area contributed by atoms with E-state index in [4.69, 9.17) is 15.7 Å². The number of nitrogens with zero attached hydrogens (tertiary/aromatic N) is 1. The van der Waals surface area contributed by atoms with Crippen LogP contribution in [0.4, 0.5) is 0 Å². The van der Waals surface area contributed by atoms with Crippen LogP contribution in [-0.2, 0) is 9.53 Å². The Morgan fingerprint density at radius 2 is 2.39 bits per heavy atom. The molecule has 0 aromatic heterocycles. The van der Waals surface area contributed by atoms with Gasteiger partial charge in [-0.15, -0.1) is 0 Å². The highest BCUT2D eigenvalue weighted by atomic mass is 16.5. The number of nitrogens with one attached hydrogen (secondary N) is 1. The average molecular weight is 257 g/mol. The second-order valence-electron chi connectivity index (χ2n) is 4.63. The van der Waals surface area contributed by atoms with E-state index in [9.17, 15) is 4.79 Å². The second kappa shape index (κ2) is 7.92. The Hall–Kier alpha value is -1.30. The van der Waals surface area contributed by atoms with Crippen molar-refractivity contribution < 1.29 is 14.7 Å². The highest BCUT2D eigenvalue weighted by Crippen LogP contribution is 2.15. The second-order valence-corrected chi connectivity index (χ2v) is 4.63. The molecule has 2 unspecified atom stereocenters. The molecule has 0 spiro atoms. The van der Waals surface area contributed by atoms with Crippen molar-refractivity contribution >= 4 is 11.7 Å². The van der Waals surface area contributed by atoms with Crippen LogP contribution in [0, 0.1) is 0 Å². The van der Waals surface area contributed by atoms with Gasteiger partial charge in [-0.3, -0.25) is 4.79 Å². The van der Waals surface area contributed by atoms with Crippen molar-refractivity contribution in [3.63, 3.8) is 0 Å². The van der Waals surface area contributed by atoms with E-state index in [1.807, 2.05) is 6.92 Å². The van der Waals surface area contributed by atoms with Crippen LogP contribution in [0.15, 0.2) is 5.16 Å². The van der Waals surface area contributed by atoms with Gasteiger partial charge in [0, 0.05) is 6.61 Å². The van der Waals surface area contributed by atoms with Gasteiger partial charge in [-0.2, -0.15) is 0 Å².